The molecule has 1 aromatic heterocycles. The van der Waals surface area contributed by atoms with Gasteiger partial charge in [0.1, 0.15) is 5.82 Å². The number of amides is 2. The van der Waals surface area contributed by atoms with Gasteiger partial charge in [-0.15, -0.1) is 0 Å². The maximum absolute atomic E-state index is 12.3. The number of piperidine rings is 1. The van der Waals surface area contributed by atoms with Crippen LogP contribution in [0.5, 0.6) is 0 Å². The van der Waals surface area contributed by atoms with Crippen molar-refractivity contribution in [2.24, 2.45) is 11.8 Å². The third-order valence-corrected chi connectivity index (χ3v) is 5.84. The van der Waals surface area contributed by atoms with E-state index in [1.165, 1.54) is 0 Å². The summed E-state index contributed by atoms with van der Waals surface area (Å²) in [6, 6.07) is 8.16. The van der Waals surface area contributed by atoms with Crippen LogP contribution in [0.4, 0.5) is 0 Å². The lowest BCUT2D eigenvalue weighted by Crippen LogP contribution is -2.44. The molecule has 0 unspecified atom stereocenters. The highest BCUT2D eigenvalue weighted by Crippen LogP contribution is 2.35. The number of carbonyl (C=O) groups excluding carboxylic acids is 2. The van der Waals surface area contributed by atoms with Crippen molar-refractivity contribution in [3.8, 4) is 0 Å². The molecule has 2 fully saturated rings. The van der Waals surface area contributed by atoms with Gasteiger partial charge in [0.2, 0.25) is 11.8 Å². The van der Waals surface area contributed by atoms with Crippen molar-refractivity contribution in [3.63, 3.8) is 0 Å². The molecule has 2 heterocycles. The largest absolute Gasteiger partial charge is 0.356 e. The van der Waals surface area contributed by atoms with Crippen molar-refractivity contribution < 1.29 is 9.59 Å². The Kier molecular flexibility index (Phi) is 4.91. The Morgan fingerprint density at radius 2 is 1.96 bits per heavy atom. The van der Waals surface area contributed by atoms with E-state index in [0.717, 1.165) is 49.1 Å². The predicted molar refractivity (Wildman–Crippen MR) is 99.5 cm³/mol. The van der Waals surface area contributed by atoms with Crippen LogP contribution in [0, 0.1) is 11.8 Å². The SMILES string of the molecule is O=C1CC[C@@H](C(=O)NCC2CCC(c3nc4ccccc4[nH]3)CC2)CN1. The maximum Gasteiger partial charge on any atom is 0.224 e. The number of aromatic nitrogens is 2. The van der Waals surface area contributed by atoms with Crippen LogP contribution in [-0.4, -0.2) is 34.9 Å². The number of hydrogen-bond donors (Lipinski definition) is 3. The molecule has 6 nitrogen and oxygen atoms in total. The molecule has 1 aliphatic heterocycles. The fraction of sp³-hybridized carbons (Fsp3) is 0.550. The number of carbonyl (C=O) groups is 2. The van der Waals surface area contributed by atoms with E-state index in [1.54, 1.807) is 0 Å². The molecule has 2 aliphatic rings. The van der Waals surface area contributed by atoms with Crippen molar-refractivity contribution in [3.05, 3.63) is 30.1 Å². The number of nitrogens with zero attached hydrogens (tertiary/aromatic N) is 1. The lowest BCUT2D eigenvalue weighted by atomic mass is 9.81. The van der Waals surface area contributed by atoms with Gasteiger partial charge in [-0.2, -0.15) is 0 Å². The first-order valence-corrected chi connectivity index (χ1v) is 9.68. The minimum Gasteiger partial charge on any atom is -0.356 e. The average molecular weight is 354 g/mol. The van der Waals surface area contributed by atoms with Gasteiger partial charge in [-0.25, -0.2) is 4.98 Å². The predicted octanol–water partition coefficient (Wildman–Crippen LogP) is 2.48. The van der Waals surface area contributed by atoms with Gasteiger partial charge in [-0.1, -0.05) is 12.1 Å². The lowest BCUT2D eigenvalue weighted by Gasteiger charge is -2.28. The van der Waals surface area contributed by atoms with Crippen molar-refractivity contribution in [1.82, 2.24) is 20.6 Å². The highest BCUT2D eigenvalue weighted by Gasteiger charge is 2.27. The molecule has 0 spiro atoms. The number of para-hydroxylation sites is 2. The Labute approximate surface area is 153 Å². The molecule has 1 aromatic carbocycles. The minimum atomic E-state index is -0.0698. The van der Waals surface area contributed by atoms with Crippen LogP contribution >= 0.6 is 0 Å². The standard InChI is InChI=1S/C20H26N4O2/c25-18-10-9-15(12-21-18)20(26)22-11-13-5-7-14(8-6-13)19-23-16-3-1-2-4-17(16)24-19/h1-4,13-15H,5-12H2,(H,21,25)(H,22,26)(H,23,24)/t13?,14?,15-/m1/s1. The zero-order valence-corrected chi connectivity index (χ0v) is 15.0. The fourth-order valence-electron chi connectivity index (χ4n) is 4.15. The molecule has 1 aliphatic carbocycles. The molecular weight excluding hydrogens is 328 g/mol. The number of hydrogen-bond acceptors (Lipinski definition) is 3. The van der Waals surface area contributed by atoms with E-state index < -0.39 is 0 Å². The second-order valence-corrected chi connectivity index (χ2v) is 7.64. The van der Waals surface area contributed by atoms with E-state index in [4.69, 9.17) is 4.98 Å². The van der Waals surface area contributed by atoms with E-state index in [1.807, 2.05) is 18.2 Å². The first kappa shape index (κ1) is 17.1. The van der Waals surface area contributed by atoms with Gasteiger partial charge in [0, 0.05) is 25.4 Å². The molecule has 2 amide bonds. The molecule has 3 N–H and O–H groups in total. The summed E-state index contributed by atoms with van der Waals surface area (Å²) in [5, 5.41) is 5.88. The second kappa shape index (κ2) is 7.48. The Morgan fingerprint density at radius 3 is 2.69 bits per heavy atom. The summed E-state index contributed by atoms with van der Waals surface area (Å²) in [6.45, 7) is 1.22. The Bertz CT molecular complexity index is 749. The highest BCUT2D eigenvalue weighted by atomic mass is 16.2. The third kappa shape index (κ3) is 3.74. The van der Waals surface area contributed by atoms with Gasteiger partial charge < -0.3 is 15.6 Å². The molecule has 2 aromatic rings. The quantitative estimate of drug-likeness (QED) is 0.788. The van der Waals surface area contributed by atoms with Crippen LogP contribution < -0.4 is 10.6 Å². The topological polar surface area (TPSA) is 86.9 Å². The fourth-order valence-corrected chi connectivity index (χ4v) is 4.15. The monoisotopic (exact) mass is 354 g/mol. The summed E-state index contributed by atoms with van der Waals surface area (Å²) in [5.74, 6) is 2.20. The van der Waals surface area contributed by atoms with E-state index >= 15 is 0 Å². The minimum absolute atomic E-state index is 0.0537. The lowest BCUT2D eigenvalue weighted by molar-refractivity contribution is -0.129. The number of fused-ring (bicyclic) bond motifs is 1. The molecule has 4 rings (SSSR count). The molecule has 138 valence electrons. The first-order valence-electron chi connectivity index (χ1n) is 9.68. The normalized spacial score (nSPS) is 26.5. The van der Waals surface area contributed by atoms with Gasteiger partial charge >= 0.3 is 0 Å². The number of benzene rings is 1. The average Bonchev–Trinajstić information content (AvgIpc) is 3.11. The van der Waals surface area contributed by atoms with E-state index in [2.05, 4.69) is 21.7 Å². The van der Waals surface area contributed by atoms with Gasteiger partial charge in [0.25, 0.3) is 0 Å². The summed E-state index contributed by atoms with van der Waals surface area (Å²) in [6.07, 6.45) is 5.57. The van der Waals surface area contributed by atoms with Crippen molar-refractivity contribution in [2.75, 3.05) is 13.1 Å². The number of rotatable bonds is 4. The van der Waals surface area contributed by atoms with Crippen molar-refractivity contribution in [1.29, 1.82) is 0 Å². The van der Waals surface area contributed by atoms with Crippen LogP contribution in [0.2, 0.25) is 0 Å². The molecule has 0 bridgehead atoms. The zero-order valence-electron chi connectivity index (χ0n) is 15.0. The molecule has 0 radical (unpaired) electrons. The maximum atomic E-state index is 12.3. The molecule has 6 heteroatoms. The van der Waals surface area contributed by atoms with Gasteiger partial charge in [-0.05, 0) is 50.2 Å². The molecule has 1 saturated carbocycles. The van der Waals surface area contributed by atoms with Crippen LogP contribution in [-0.2, 0) is 9.59 Å². The summed E-state index contributed by atoms with van der Waals surface area (Å²) in [5.41, 5.74) is 2.15. The van der Waals surface area contributed by atoms with Gasteiger partial charge in [0.05, 0.1) is 17.0 Å². The number of aromatic amines is 1. The zero-order chi connectivity index (χ0) is 17.9. The van der Waals surface area contributed by atoms with Crippen molar-refractivity contribution >= 4 is 22.8 Å². The van der Waals surface area contributed by atoms with E-state index in [0.29, 0.717) is 31.2 Å². The van der Waals surface area contributed by atoms with Gasteiger partial charge in [0.15, 0.2) is 0 Å². The van der Waals surface area contributed by atoms with Crippen molar-refractivity contribution in [2.45, 2.75) is 44.4 Å². The number of nitrogens with one attached hydrogen (secondary N) is 3. The molecule has 1 atom stereocenters. The molecule has 26 heavy (non-hydrogen) atoms. The Morgan fingerprint density at radius 1 is 1.15 bits per heavy atom. The Balaban J connectivity index is 1.24. The van der Waals surface area contributed by atoms with Crippen LogP contribution in [0.3, 0.4) is 0 Å². The third-order valence-electron chi connectivity index (χ3n) is 5.84. The number of imidazole rings is 1. The first-order chi connectivity index (χ1) is 12.7. The van der Waals surface area contributed by atoms with Crippen LogP contribution in [0.1, 0.15) is 50.3 Å². The summed E-state index contributed by atoms with van der Waals surface area (Å²) in [4.78, 5) is 31.7. The van der Waals surface area contributed by atoms with Gasteiger partial charge in [-0.3, -0.25) is 9.59 Å². The van der Waals surface area contributed by atoms with E-state index in [9.17, 15) is 9.59 Å². The second-order valence-electron chi connectivity index (χ2n) is 7.64. The summed E-state index contributed by atoms with van der Waals surface area (Å²) in [7, 11) is 0. The van der Waals surface area contributed by atoms with E-state index in [-0.39, 0.29) is 17.7 Å². The summed E-state index contributed by atoms with van der Waals surface area (Å²) < 4.78 is 0. The summed E-state index contributed by atoms with van der Waals surface area (Å²) >= 11 is 0. The Hall–Kier alpha value is -2.37. The smallest absolute Gasteiger partial charge is 0.224 e. The van der Waals surface area contributed by atoms with Crippen LogP contribution in [0.15, 0.2) is 24.3 Å². The highest BCUT2D eigenvalue weighted by molar-refractivity contribution is 5.83. The number of H-pyrrole nitrogens is 1. The molecular formula is C20H26N4O2. The molecule has 1 saturated heterocycles. The van der Waals surface area contributed by atoms with Crippen LogP contribution in [0.25, 0.3) is 11.0 Å².